The summed E-state index contributed by atoms with van der Waals surface area (Å²) in [5, 5.41) is 3.19. The molecule has 0 N–H and O–H groups in total. The van der Waals surface area contributed by atoms with Crippen molar-refractivity contribution in [1.29, 1.82) is 0 Å². The van der Waals surface area contributed by atoms with Crippen molar-refractivity contribution in [2.24, 2.45) is 0 Å². The average molecular weight is 1240 g/mol. The van der Waals surface area contributed by atoms with Gasteiger partial charge in [0.2, 0.25) is 0 Å². The molecule has 0 unspecified atom stereocenters. The standard InChI is InChI=1S/C90H75BClN3/c1-88(2,3)66-40-46-79-75(52-66)76-53-67(89(4,5)6)41-47-80(76)93(79)70-43-45-78-82(57-70)95(87-73(62-36-24-14-25-37-62)50-65(59-30-18-11-19-31-59)51-74(87)63-38-26-15-27-39-63)84-55-68(90(7,8)9)54-83-85(84)91(78)77-44-42-69(92)56-81(77)94(83)86-71(60-32-20-12-21-33-60)48-64(58-28-16-10-17-29-58)49-72(86)61-34-22-13-23-35-61/h10-57H,1-9H3. The molecule has 95 heavy (non-hydrogen) atoms. The van der Waals surface area contributed by atoms with Gasteiger partial charge in [-0.25, -0.2) is 0 Å². The topological polar surface area (TPSA) is 11.4 Å². The highest BCUT2D eigenvalue weighted by Crippen LogP contribution is 2.55. The normalized spacial score (nSPS) is 12.9. The van der Waals surface area contributed by atoms with Gasteiger partial charge >= 0.3 is 0 Å². The molecule has 0 spiro atoms. The number of fused-ring (bicyclic) bond motifs is 7. The summed E-state index contributed by atoms with van der Waals surface area (Å²) in [5.74, 6) is 0. The maximum absolute atomic E-state index is 7.53. The third kappa shape index (κ3) is 10.4. The SMILES string of the molecule is CC(C)(C)c1cc2c3c(c1)N(c1c(-c4ccccc4)cc(-c4ccccc4)cc1-c1ccccc1)c1cc(-n4c5ccc(C(C)(C)C)cc5c5cc(C(C)(C)C)ccc54)ccc1B3c1ccc(Cl)cc1N2c1c(-c2ccccc2)cc(-c2ccccc2)cc1-c1ccccc1. The minimum Gasteiger partial charge on any atom is -0.310 e. The molecule has 16 rings (SSSR count). The number of anilines is 6. The van der Waals surface area contributed by atoms with E-state index in [0.29, 0.717) is 5.02 Å². The summed E-state index contributed by atoms with van der Waals surface area (Å²) in [4.78, 5) is 5.30. The van der Waals surface area contributed by atoms with Crippen molar-refractivity contribution in [3.05, 3.63) is 313 Å². The third-order valence-corrected chi connectivity index (χ3v) is 20.1. The molecule has 0 amide bonds. The first-order valence-electron chi connectivity index (χ1n) is 33.4. The molecule has 0 saturated carbocycles. The van der Waals surface area contributed by atoms with Gasteiger partial charge in [0, 0.05) is 66.5 Å². The molecule has 0 radical (unpaired) electrons. The van der Waals surface area contributed by atoms with Crippen LogP contribution in [0, 0.1) is 0 Å². The van der Waals surface area contributed by atoms with E-state index in [1.807, 2.05) is 0 Å². The molecule has 0 aliphatic carbocycles. The molecule has 0 fully saturated rings. The van der Waals surface area contributed by atoms with Gasteiger partial charge in [-0.2, -0.15) is 0 Å². The second-order valence-electron chi connectivity index (χ2n) is 29.1. The molecule has 13 aromatic carbocycles. The molecule has 0 saturated heterocycles. The zero-order valence-electron chi connectivity index (χ0n) is 55.5. The molecule has 3 nitrogen and oxygen atoms in total. The maximum atomic E-state index is 7.53. The summed E-state index contributed by atoms with van der Waals surface area (Å²) in [7, 11) is 0. The lowest BCUT2D eigenvalue weighted by Crippen LogP contribution is -2.61. The summed E-state index contributed by atoms with van der Waals surface area (Å²) >= 11 is 7.53. The van der Waals surface area contributed by atoms with Gasteiger partial charge in [-0.15, -0.1) is 0 Å². The van der Waals surface area contributed by atoms with E-state index in [1.165, 1.54) is 54.9 Å². The van der Waals surface area contributed by atoms with E-state index in [4.69, 9.17) is 11.6 Å². The highest BCUT2D eigenvalue weighted by Gasteiger charge is 2.46. The average Bonchev–Trinajstić information content (AvgIpc) is 0.944. The van der Waals surface area contributed by atoms with Crippen LogP contribution in [0.4, 0.5) is 34.1 Å². The van der Waals surface area contributed by atoms with Crippen LogP contribution >= 0.6 is 11.6 Å². The van der Waals surface area contributed by atoms with Crippen LogP contribution in [-0.2, 0) is 16.2 Å². The van der Waals surface area contributed by atoms with Gasteiger partial charge < -0.3 is 14.4 Å². The lowest BCUT2D eigenvalue weighted by Gasteiger charge is -2.46. The predicted molar refractivity (Wildman–Crippen MR) is 409 cm³/mol. The van der Waals surface area contributed by atoms with Crippen molar-refractivity contribution < 1.29 is 0 Å². The number of benzene rings is 13. The Labute approximate surface area is 565 Å². The van der Waals surface area contributed by atoms with E-state index in [1.54, 1.807) is 0 Å². The van der Waals surface area contributed by atoms with E-state index in [2.05, 4.69) is 368 Å². The Morgan fingerprint density at radius 3 is 0.979 bits per heavy atom. The van der Waals surface area contributed by atoms with Gasteiger partial charge in [0.05, 0.1) is 22.4 Å². The van der Waals surface area contributed by atoms with Crippen molar-refractivity contribution in [2.45, 2.75) is 78.6 Å². The zero-order valence-corrected chi connectivity index (χ0v) is 56.3. The number of hydrogen-bond acceptors (Lipinski definition) is 2. The molecule has 3 heterocycles. The first-order chi connectivity index (χ1) is 45.9. The first-order valence-corrected chi connectivity index (χ1v) is 33.8. The van der Waals surface area contributed by atoms with Crippen LogP contribution in [0.5, 0.6) is 0 Å². The van der Waals surface area contributed by atoms with Gasteiger partial charge in [0.25, 0.3) is 6.71 Å². The zero-order chi connectivity index (χ0) is 65.1. The Morgan fingerprint density at radius 2 is 0.621 bits per heavy atom. The second kappa shape index (κ2) is 23.0. The lowest BCUT2D eigenvalue weighted by molar-refractivity contribution is 0.590. The van der Waals surface area contributed by atoms with Crippen molar-refractivity contribution in [3.63, 3.8) is 0 Å². The maximum Gasteiger partial charge on any atom is 0.252 e. The minimum atomic E-state index is -0.320. The minimum absolute atomic E-state index is 0.0500. The highest BCUT2D eigenvalue weighted by molar-refractivity contribution is 7.00. The molecular formula is C90H75BClN3. The van der Waals surface area contributed by atoms with Gasteiger partial charge in [0.15, 0.2) is 0 Å². The van der Waals surface area contributed by atoms with E-state index in [0.717, 1.165) is 107 Å². The highest BCUT2D eigenvalue weighted by atomic mass is 35.5. The fourth-order valence-corrected chi connectivity index (χ4v) is 15.1. The fraction of sp³-hybridized carbons (Fsp3) is 0.133. The molecule has 14 aromatic rings. The Balaban J connectivity index is 1.08. The quantitative estimate of drug-likeness (QED) is 0.133. The molecule has 1 aromatic heterocycles. The van der Waals surface area contributed by atoms with Crippen molar-refractivity contribution in [3.8, 4) is 72.4 Å². The third-order valence-electron chi connectivity index (χ3n) is 19.9. The Kier molecular flexibility index (Phi) is 14.4. The van der Waals surface area contributed by atoms with Gasteiger partial charge in [0.1, 0.15) is 0 Å². The van der Waals surface area contributed by atoms with Gasteiger partial charge in [-0.1, -0.05) is 280 Å². The summed E-state index contributed by atoms with van der Waals surface area (Å²) in [6.07, 6.45) is 0. The number of aromatic nitrogens is 1. The van der Waals surface area contributed by atoms with E-state index >= 15 is 0 Å². The van der Waals surface area contributed by atoms with Crippen LogP contribution < -0.4 is 26.2 Å². The molecular weight excluding hydrogens is 1170 g/mol. The van der Waals surface area contributed by atoms with Crippen LogP contribution in [0.3, 0.4) is 0 Å². The Bertz CT molecular complexity index is 5100. The molecule has 2 aliphatic heterocycles. The monoisotopic (exact) mass is 1240 g/mol. The smallest absolute Gasteiger partial charge is 0.252 e. The molecule has 0 atom stereocenters. The van der Waals surface area contributed by atoms with Crippen LogP contribution in [-0.4, -0.2) is 11.3 Å². The van der Waals surface area contributed by atoms with Gasteiger partial charge in [-0.3, -0.25) is 0 Å². The predicted octanol–water partition coefficient (Wildman–Crippen LogP) is 23.4. The molecule has 2 aliphatic rings. The van der Waals surface area contributed by atoms with Crippen LogP contribution in [0.15, 0.2) is 291 Å². The number of hydrogen-bond donors (Lipinski definition) is 0. The first kappa shape index (κ1) is 59.6. The summed E-state index contributed by atoms with van der Waals surface area (Å²) in [6, 6.07) is 109. The van der Waals surface area contributed by atoms with Crippen molar-refractivity contribution in [1.82, 2.24) is 4.57 Å². The summed E-state index contributed by atoms with van der Waals surface area (Å²) < 4.78 is 2.54. The number of rotatable bonds is 9. The largest absolute Gasteiger partial charge is 0.310 e. The van der Waals surface area contributed by atoms with Crippen LogP contribution in [0.25, 0.3) is 94.3 Å². The van der Waals surface area contributed by atoms with Crippen molar-refractivity contribution >= 4 is 90.6 Å². The second-order valence-corrected chi connectivity index (χ2v) is 29.5. The Morgan fingerprint density at radius 1 is 0.284 bits per heavy atom. The summed E-state index contributed by atoms with van der Waals surface area (Å²) in [6.45, 7) is 20.8. The van der Waals surface area contributed by atoms with E-state index in [9.17, 15) is 0 Å². The molecule has 460 valence electrons. The molecule has 0 bridgehead atoms. The van der Waals surface area contributed by atoms with Crippen LogP contribution in [0.2, 0.25) is 5.02 Å². The summed E-state index contributed by atoms with van der Waals surface area (Å²) in [5.41, 5.74) is 30.7. The van der Waals surface area contributed by atoms with Gasteiger partial charge in [-0.05, 0) is 179 Å². The van der Waals surface area contributed by atoms with Crippen LogP contribution in [0.1, 0.15) is 79.0 Å². The fourth-order valence-electron chi connectivity index (χ4n) is 14.9. The molecule has 5 heteroatoms. The van der Waals surface area contributed by atoms with E-state index < -0.39 is 0 Å². The number of halogens is 1. The lowest BCUT2D eigenvalue weighted by atomic mass is 9.33. The Hall–Kier alpha value is -10.4. The van der Waals surface area contributed by atoms with Crippen molar-refractivity contribution in [2.75, 3.05) is 9.80 Å². The van der Waals surface area contributed by atoms with E-state index in [-0.39, 0.29) is 23.0 Å². The number of nitrogens with zero attached hydrogens (tertiary/aromatic N) is 3.